The molecule has 18 heavy (non-hydrogen) atoms. The van der Waals surface area contributed by atoms with Crippen LogP contribution in [-0.4, -0.2) is 42.2 Å². The molecule has 0 aromatic rings. The van der Waals surface area contributed by atoms with Gasteiger partial charge in [-0.05, 0) is 45.4 Å². The van der Waals surface area contributed by atoms with Gasteiger partial charge in [-0.2, -0.15) is 0 Å². The van der Waals surface area contributed by atoms with Gasteiger partial charge in [0.2, 0.25) is 0 Å². The van der Waals surface area contributed by atoms with E-state index in [0.717, 1.165) is 31.8 Å². The van der Waals surface area contributed by atoms with Crippen molar-refractivity contribution in [1.82, 2.24) is 4.90 Å². The van der Waals surface area contributed by atoms with Crippen molar-refractivity contribution in [2.24, 2.45) is 16.6 Å². The second-order valence-corrected chi connectivity index (χ2v) is 6.43. The van der Waals surface area contributed by atoms with Crippen LogP contribution >= 0.6 is 0 Å². The van der Waals surface area contributed by atoms with Crippen LogP contribution in [0.15, 0.2) is 4.99 Å². The average Bonchev–Trinajstić information content (AvgIpc) is 2.66. The summed E-state index contributed by atoms with van der Waals surface area (Å²) >= 11 is 0. The highest BCUT2D eigenvalue weighted by molar-refractivity contribution is 5.78. The fraction of sp³-hybridized carbons (Fsp3) is 0.929. The molecule has 0 bridgehead atoms. The maximum Gasteiger partial charge on any atom is 0.191 e. The summed E-state index contributed by atoms with van der Waals surface area (Å²) in [5.74, 6) is 1.43. The first-order valence-electron chi connectivity index (χ1n) is 7.19. The van der Waals surface area contributed by atoms with Crippen molar-refractivity contribution in [3.8, 4) is 0 Å². The molecule has 2 unspecified atom stereocenters. The Bertz CT molecular complexity index is 314. The number of rotatable bonds is 2. The van der Waals surface area contributed by atoms with Crippen LogP contribution in [0.1, 0.15) is 46.5 Å². The molecule has 4 heteroatoms. The van der Waals surface area contributed by atoms with Gasteiger partial charge in [-0.25, -0.2) is 0 Å². The number of hydrogen-bond donors (Lipinski definition) is 1. The second-order valence-electron chi connectivity index (χ2n) is 6.43. The predicted molar refractivity (Wildman–Crippen MR) is 74.6 cm³/mol. The van der Waals surface area contributed by atoms with Crippen LogP contribution in [0, 0.1) is 5.92 Å². The molecule has 0 radical (unpaired) electrons. The number of guanidine groups is 1. The molecule has 0 spiro atoms. The van der Waals surface area contributed by atoms with Gasteiger partial charge in [-0.1, -0.05) is 6.92 Å². The number of aliphatic imine (C=N–C) groups is 1. The molecular formula is C14H27N3O. The van der Waals surface area contributed by atoms with Crippen molar-refractivity contribution in [1.29, 1.82) is 0 Å². The molecule has 2 N–H and O–H groups in total. The smallest absolute Gasteiger partial charge is 0.191 e. The number of piperidine rings is 1. The maximum atomic E-state index is 6.08. The molecule has 0 saturated carbocycles. The normalized spacial score (nSPS) is 32.8. The third kappa shape index (κ3) is 3.61. The number of nitrogens with two attached hydrogens (primary N) is 1. The third-order valence-electron chi connectivity index (χ3n) is 3.99. The van der Waals surface area contributed by atoms with Gasteiger partial charge < -0.3 is 15.4 Å². The summed E-state index contributed by atoms with van der Waals surface area (Å²) in [6, 6.07) is 0. The Morgan fingerprint density at radius 2 is 2.22 bits per heavy atom. The van der Waals surface area contributed by atoms with Crippen molar-refractivity contribution >= 4 is 5.96 Å². The fourth-order valence-electron chi connectivity index (χ4n) is 2.90. The van der Waals surface area contributed by atoms with Crippen LogP contribution in [0.3, 0.4) is 0 Å². The lowest BCUT2D eigenvalue weighted by Gasteiger charge is -2.31. The Morgan fingerprint density at radius 1 is 1.44 bits per heavy atom. The molecule has 0 aliphatic carbocycles. The molecule has 4 nitrogen and oxygen atoms in total. The van der Waals surface area contributed by atoms with Crippen molar-refractivity contribution in [2.75, 3.05) is 19.6 Å². The first-order valence-corrected chi connectivity index (χ1v) is 7.19. The zero-order valence-electron chi connectivity index (χ0n) is 12.0. The summed E-state index contributed by atoms with van der Waals surface area (Å²) in [6.45, 7) is 9.38. The van der Waals surface area contributed by atoms with Crippen molar-refractivity contribution in [3.63, 3.8) is 0 Å². The summed E-state index contributed by atoms with van der Waals surface area (Å²) in [6.07, 6.45) is 5.00. The Kier molecular flexibility index (Phi) is 4.15. The standard InChI is InChI=1S/C14H27N3O/c1-11-5-4-8-17(10-11)13(15)16-9-12-6-7-14(2,3)18-12/h11-12H,4-10H2,1-3H3,(H2,15,16). The van der Waals surface area contributed by atoms with Gasteiger partial charge in [0.25, 0.3) is 0 Å². The van der Waals surface area contributed by atoms with Crippen LogP contribution in [0.2, 0.25) is 0 Å². The highest BCUT2D eigenvalue weighted by Gasteiger charge is 2.31. The molecule has 2 heterocycles. The SMILES string of the molecule is CC1CCCN(C(N)=NCC2CCC(C)(C)O2)C1. The maximum absolute atomic E-state index is 6.08. The molecule has 2 rings (SSSR count). The topological polar surface area (TPSA) is 50.8 Å². The van der Waals surface area contributed by atoms with Crippen molar-refractivity contribution in [3.05, 3.63) is 0 Å². The van der Waals surface area contributed by atoms with Gasteiger partial charge in [0, 0.05) is 13.1 Å². The van der Waals surface area contributed by atoms with Gasteiger partial charge in [-0.3, -0.25) is 4.99 Å². The number of likely N-dealkylation sites (tertiary alicyclic amines) is 1. The molecule has 0 amide bonds. The van der Waals surface area contributed by atoms with E-state index < -0.39 is 0 Å². The van der Waals surface area contributed by atoms with E-state index in [9.17, 15) is 0 Å². The minimum Gasteiger partial charge on any atom is -0.370 e. The van der Waals surface area contributed by atoms with Gasteiger partial charge in [0.15, 0.2) is 5.96 Å². The van der Waals surface area contributed by atoms with E-state index >= 15 is 0 Å². The van der Waals surface area contributed by atoms with Crippen LogP contribution < -0.4 is 5.73 Å². The summed E-state index contributed by atoms with van der Waals surface area (Å²) in [7, 11) is 0. The Labute approximate surface area is 111 Å². The van der Waals surface area contributed by atoms with Crippen LogP contribution in [0.4, 0.5) is 0 Å². The van der Waals surface area contributed by atoms with Crippen LogP contribution in [0.25, 0.3) is 0 Å². The van der Waals surface area contributed by atoms with Crippen LogP contribution in [0.5, 0.6) is 0 Å². The zero-order valence-corrected chi connectivity index (χ0v) is 12.0. The summed E-state index contributed by atoms with van der Waals surface area (Å²) in [5, 5.41) is 0. The van der Waals surface area contributed by atoms with E-state index in [-0.39, 0.29) is 11.7 Å². The first kappa shape index (κ1) is 13.7. The highest BCUT2D eigenvalue weighted by atomic mass is 16.5. The van der Waals surface area contributed by atoms with E-state index in [0.29, 0.717) is 12.5 Å². The Morgan fingerprint density at radius 3 is 2.83 bits per heavy atom. The van der Waals surface area contributed by atoms with E-state index in [1.54, 1.807) is 0 Å². The zero-order chi connectivity index (χ0) is 13.2. The lowest BCUT2D eigenvalue weighted by molar-refractivity contribution is -0.0107. The monoisotopic (exact) mass is 253 g/mol. The predicted octanol–water partition coefficient (Wildman–Crippen LogP) is 1.99. The highest BCUT2D eigenvalue weighted by Crippen LogP contribution is 2.29. The molecule has 0 aromatic heterocycles. The molecule has 2 fully saturated rings. The molecule has 2 aliphatic rings. The van der Waals surface area contributed by atoms with Gasteiger partial charge in [0.05, 0.1) is 18.2 Å². The van der Waals surface area contributed by atoms with Gasteiger partial charge in [0.1, 0.15) is 0 Å². The minimum absolute atomic E-state index is 0.0224. The molecule has 0 aromatic carbocycles. The van der Waals surface area contributed by atoms with E-state index in [1.807, 2.05) is 0 Å². The van der Waals surface area contributed by atoms with Crippen molar-refractivity contribution in [2.45, 2.75) is 58.2 Å². The average molecular weight is 253 g/mol. The van der Waals surface area contributed by atoms with Gasteiger partial charge in [-0.15, -0.1) is 0 Å². The number of ether oxygens (including phenoxy) is 1. The largest absolute Gasteiger partial charge is 0.370 e. The van der Waals surface area contributed by atoms with Crippen molar-refractivity contribution < 1.29 is 4.74 Å². The van der Waals surface area contributed by atoms with E-state index in [4.69, 9.17) is 10.5 Å². The quantitative estimate of drug-likeness (QED) is 0.605. The number of nitrogens with zero attached hydrogens (tertiary/aromatic N) is 2. The summed E-state index contributed by atoms with van der Waals surface area (Å²) < 4.78 is 5.93. The van der Waals surface area contributed by atoms with Gasteiger partial charge >= 0.3 is 0 Å². The van der Waals surface area contributed by atoms with Crippen LogP contribution in [-0.2, 0) is 4.74 Å². The van der Waals surface area contributed by atoms with E-state index in [1.165, 1.54) is 12.8 Å². The second kappa shape index (κ2) is 5.47. The molecular weight excluding hydrogens is 226 g/mol. The first-order chi connectivity index (χ1) is 8.46. The molecule has 2 saturated heterocycles. The minimum atomic E-state index is 0.0224. The lowest BCUT2D eigenvalue weighted by Crippen LogP contribution is -2.43. The summed E-state index contributed by atoms with van der Waals surface area (Å²) in [4.78, 5) is 6.74. The number of hydrogen-bond acceptors (Lipinski definition) is 2. The third-order valence-corrected chi connectivity index (χ3v) is 3.99. The summed E-state index contributed by atoms with van der Waals surface area (Å²) in [5.41, 5.74) is 6.10. The van der Waals surface area contributed by atoms with E-state index in [2.05, 4.69) is 30.7 Å². The lowest BCUT2D eigenvalue weighted by atomic mass is 10.0. The Balaban J connectivity index is 1.82. The Hall–Kier alpha value is -0.770. The molecule has 2 aliphatic heterocycles. The molecule has 104 valence electrons. The molecule has 2 atom stereocenters. The fourth-order valence-corrected chi connectivity index (χ4v) is 2.90.